The van der Waals surface area contributed by atoms with Gasteiger partial charge < -0.3 is 5.32 Å². The first-order valence-corrected chi connectivity index (χ1v) is 7.64. The van der Waals surface area contributed by atoms with Crippen LogP contribution in [0.1, 0.15) is 27.6 Å². The number of halogens is 1. The van der Waals surface area contributed by atoms with Gasteiger partial charge in [-0.1, -0.05) is 11.6 Å². The highest BCUT2D eigenvalue weighted by atomic mass is 35.5. The Morgan fingerprint density at radius 2 is 2.10 bits per heavy atom. The lowest BCUT2D eigenvalue weighted by Crippen LogP contribution is -2.13. The largest absolute Gasteiger partial charge is 0.326 e. The molecule has 2 aromatic rings. The van der Waals surface area contributed by atoms with Gasteiger partial charge in [0.2, 0.25) is 5.91 Å². The molecule has 0 saturated heterocycles. The zero-order valence-corrected chi connectivity index (χ0v) is 13.4. The first-order chi connectivity index (χ1) is 9.45. The van der Waals surface area contributed by atoms with E-state index in [1.807, 2.05) is 32.9 Å². The predicted octanol–water partition coefficient (Wildman–Crippen LogP) is 4.29. The van der Waals surface area contributed by atoms with Crippen LogP contribution >= 0.6 is 22.9 Å². The summed E-state index contributed by atoms with van der Waals surface area (Å²) in [7, 11) is 0. The van der Waals surface area contributed by atoms with Crippen molar-refractivity contribution in [3.8, 4) is 0 Å². The second-order valence-electron chi connectivity index (χ2n) is 4.75. The summed E-state index contributed by atoms with van der Waals surface area (Å²) in [4.78, 5) is 17.5. The molecular formula is C15H17ClN2OS. The Morgan fingerprint density at radius 1 is 1.35 bits per heavy atom. The molecule has 1 heterocycles. The molecule has 0 radical (unpaired) electrons. The molecule has 0 atom stereocenters. The van der Waals surface area contributed by atoms with Crippen LogP contribution in [0.4, 0.5) is 5.69 Å². The quantitative estimate of drug-likeness (QED) is 0.915. The van der Waals surface area contributed by atoms with E-state index < -0.39 is 0 Å². The Balaban J connectivity index is 1.94. The van der Waals surface area contributed by atoms with Crippen LogP contribution in [0.3, 0.4) is 0 Å². The summed E-state index contributed by atoms with van der Waals surface area (Å²) in [5.74, 6) is 0.0147. The number of aromatic nitrogens is 1. The molecule has 0 aliphatic rings. The molecule has 1 aromatic carbocycles. The maximum Gasteiger partial charge on any atom is 0.224 e. The van der Waals surface area contributed by atoms with E-state index in [4.69, 9.17) is 11.6 Å². The summed E-state index contributed by atoms with van der Waals surface area (Å²) in [6, 6.07) is 5.45. The fourth-order valence-electron chi connectivity index (χ4n) is 2.01. The van der Waals surface area contributed by atoms with E-state index in [-0.39, 0.29) is 5.91 Å². The van der Waals surface area contributed by atoms with Gasteiger partial charge in [0.15, 0.2) is 0 Å². The molecule has 1 amide bonds. The number of nitrogens with one attached hydrogen (secondary N) is 1. The minimum atomic E-state index is 0.0147. The summed E-state index contributed by atoms with van der Waals surface area (Å²) in [5.41, 5.74) is 2.82. The second-order valence-corrected chi connectivity index (χ2v) is 6.47. The van der Waals surface area contributed by atoms with Gasteiger partial charge in [0, 0.05) is 22.0 Å². The number of nitrogens with zero attached hydrogens (tertiary/aromatic N) is 1. The second kappa shape index (κ2) is 6.37. The van der Waals surface area contributed by atoms with Crippen molar-refractivity contribution in [2.75, 3.05) is 5.32 Å². The molecule has 5 heteroatoms. The minimum Gasteiger partial charge on any atom is -0.326 e. The van der Waals surface area contributed by atoms with Crippen LogP contribution in [0.25, 0.3) is 0 Å². The third-order valence-corrected chi connectivity index (χ3v) is 4.41. The lowest BCUT2D eigenvalue weighted by molar-refractivity contribution is -0.116. The molecule has 106 valence electrons. The number of anilines is 1. The number of aryl methyl sites for hydroxylation is 4. The topological polar surface area (TPSA) is 42.0 Å². The Kier molecular flexibility index (Phi) is 4.78. The lowest BCUT2D eigenvalue weighted by Gasteiger charge is -2.08. The number of thiazole rings is 1. The van der Waals surface area contributed by atoms with Crippen molar-refractivity contribution in [3.05, 3.63) is 44.4 Å². The molecule has 0 unspecified atom stereocenters. The summed E-state index contributed by atoms with van der Waals surface area (Å²) in [6.07, 6.45) is 1.19. The lowest BCUT2D eigenvalue weighted by atomic mass is 10.2. The van der Waals surface area contributed by atoms with Gasteiger partial charge in [0.05, 0.1) is 10.7 Å². The number of amides is 1. The monoisotopic (exact) mass is 308 g/mol. The highest BCUT2D eigenvalue weighted by molar-refractivity contribution is 7.11. The Labute approximate surface area is 128 Å². The number of hydrogen-bond acceptors (Lipinski definition) is 3. The van der Waals surface area contributed by atoms with Crippen LogP contribution < -0.4 is 5.32 Å². The molecule has 1 aromatic heterocycles. The number of benzene rings is 1. The number of rotatable bonds is 4. The molecule has 0 fully saturated rings. The van der Waals surface area contributed by atoms with Gasteiger partial charge in [-0.25, -0.2) is 4.98 Å². The molecule has 0 aliphatic carbocycles. The molecular weight excluding hydrogens is 292 g/mol. The molecule has 3 nitrogen and oxygen atoms in total. The van der Waals surface area contributed by atoms with Crippen molar-refractivity contribution in [1.82, 2.24) is 4.98 Å². The van der Waals surface area contributed by atoms with Crippen molar-refractivity contribution in [2.24, 2.45) is 0 Å². The van der Waals surface area contributed by atoms with Crippen LogP contribution in [-0.2, 0) is 11.2 Å². The summed E-state index contributed by atoms with van der Waals surface area (Å²) in [5, 5.41) is 4.65. The van der Waals surface area contributed by atoms with Crippen molar-refractivity contribution in [3.63, 3.8) is 0 Å². The normalized spacial score (nSPS) is 10.6. The summed E-state index contributed by atoms with van der Waals surface area (Å²) in [6.45, 7) is 5.90. The van der Waals surface area contributed by atoms with Crippen LogP contribution in [0.15, 0.2) is 18.2 Å². The average molecular weight is 309 g/mol. The maximum absolute atomic E-state index is 12.0. The van der Waals surface area contributed by atoms with Crippen molar-refractivity contribution < 1.29 is 4.79 Å². The Morgan fingerprint density at radius 3 is 2.70 bits per heavy atom. The molecule has 1 N–H and O–H groups in total. The molecule has 0 aliphatic heterocycles. The molecule has 0 saturated carbocycles. The summed E-state index contributed by atoms with van der Waals surface area (Å²) < 4.78 is 0. The van der Waals surface area contributed by atoms with Gasteiger partial charge in [-0.2, -0.15) is 0 Å². The van der Waals surface area contributed by atoms with Gasteiger partial charge in [-0.3, -0.25) is 4.79 Å². The SMILES string of the molecule is Cc1nc(C)c(CCC(=O)Nc2ccc(Cl)cc2C)s1. The van der Waals surface area contributed by atoms with Crippen molar-refractivity contribution >= 4 is 34.5 Å². The van der Waals surface area contributed by atoms with Crippen molar-refractivity contribution in [2.45, 2.75) is 33.6 Å². The van der Waals surface area contributed by atoms with Gasteiger partial charge in [-0.15, -0.1) is 11.3 Å². The fourth-order valence-corrected chi connectivity index (χ4v) is 3.18. The molecule has 0 bridgehead atoms. The molecule has 0 spiro atoms. The minimum absolute atomic E-state index is 0.0147. The third kappa shape index (κ3) is 3.81. The standard InChI is InChI=1S/C15H17ClN2OS/c1-9-8-12(16)4-5-13(9)18-15(19)7-6-14-10(2)17-11(3)20-14/h4-5,8H,6-7H2,1-3H3,(H,18,19). The zero-order valence-electron chi connectivity index (χ0n) is 11.8. The highest BCUT2D eigenvalue weighted by Crippen LogP contribution is 2.21. The molecule has 20 heavy (non-hydrogen) atoms. The number of carbonyl (C=O) groups is 1. The van der Waals surface area contributed by atoms with Crippen LogP contribution in [0.2, 0.25) is 5.02 Å². The summed E-state index contributed by atoms with van der Waals surface area (Å²) >= 11 is 7.56. The third-order valence-electron chi connectivity index (χ3n) is 3.04. The number of carbonyl (C=O) groups excluding carboxylic acids is 1. The van der Waals surface area contributed by atoms with Crippen LogP contribution in [0, 0.1) is 20.8 Å². The highest BCUT2D eigenvalue weighted by Gasteiger charge is 2.09. The van der Waals surface area contributed by atoms with E-state index in [0.717, 1.165) is 28.4 Å². The first-order valence-electron chi connectivity index (χ1n) is 6.44. The fraction of sp³-hybridized carbons (Fsp3) is 0.333. The van der Waals surface area contributed by atoms with Gasteiger partial charge in [0.1, 0.15) is 0 Å². The van der Waals surface area contributed by atoms with E-state index in [0.29, 0.717) is 11.4 Å². The van der Waals surface area contributed by atoms with E-state index in [9.17, 15) is 4.79 Å². The van der Waals surface area contributed by atoms with E-state index in [1.54, 1.807) is 17.4 Å². The maximum atomic E-state index is 12.0. The van der Waals surface area contributed by atoms with E-state index in [1.165, 1.54) is 4.88 Å². The smallest absolute Gasteiger partial charge is 0.224 e. The predicted molar refractivity (Wildman–Crippen MR) is 84.7 cm³/mol. The zero-order chi connectivity index (χ0) is 14.7. The van der Waals surface area contributed by atoms with Crippen LogP contribution in [0.5, 0.6) is 0 Å². The van der Waals surface area contributed by atoms with Gasteiger partial charge in [-0.05, 0) is 51.0 Å². The van der Waals surface area contributed by atoms with Gasteiger partial charge >= 0.3 is 0 Å². The van der Waals surface area contributed by atoms with E-state index >= 15 is 0 Å². The van der Waals surface area contributed by atoms with E-state index in [2.05, 4.69) is 10.3 Å². The first kappa shape index (κ1) is 15.0. The Hall–Kier alpha value is -1.39. The average Bonchev–Trinajstić information content (AvgIpc) is 2.69. The molecule has 2 rings (SSSR count). The Bertz CT molecular complexity index is 637. The van der Waals surface area contributed by atoms with Crippen LogP contribution in [-0.4, -0.2) is 10.9 Å². The van der Waals surface area contributed by atoms with Crippen molar-refractivity contribution in [1.29, 1.82) is 0 Å². The number of hydrogen-bond donors (Lipinski definition) is 1. The van der Waals surface area contributed by atoms with Gasteiger partial charge in [0.25, 0.3) is 0 Å².